The third-order valence-electron chi connectivity index (χ3n) is 4.39. The average Bonchev–Trinajstić information content (AvgIpc) is 2.97. The van der Waals surface area contributed by atoms with Crippen molar-refractivity contribution in [3.8, 4) is 5.75 Å². The molecule has 1 aliphatic heterocycles. The van der Waals surface area contributed by atoms with E-state index in [4.69, 9.17) is 4.74 Å². The van der Waals surface area contributed by atoms with Gasteiger partial charge in [0.25, 0.3) is 5.91 Å². The molecule has 1 aliphatic rings. The molecule has 6 heteroatoms. The quantitative estimate of drug-likeness (QED) is 0.865. The predicted molar refractivity (Wildman–Crippen MR) is 87.0 cm³/mol. The first-order chi connectivity index (χ1) is 11.5. The number of hydrogen-bond acceptors (Lipinski definition) is 4. The molecule has 1 atom stereocenters. The number of ether oxygens (including phenoxy) is 1. The lowest BCUT2D eigenvalue weighted by atomic mass is 9.97. The highest BCUT2D eigenvalue weighted by Gasteiger charge is 2.43. The number of hydrogen-bond donors (Lipinski definition) is 0. The maximum atomic E-state index is 12.9. The van der Waals surface area contributed by atoms with E-state index in [2.05, 4.69) is 9.97 Å². The van der Waals surface area contributed by atoms with Crippen LogP contribution in [0.2, 0.25) is 0 Å². The summed E-state index contributed by atoms with van der Waals surface area (Å²) in [6.45, 7) is 4.46. The lowest BCUT2D eigenvalue weighted by Gasteiger charge is -2.33. The molecule has 0 aliphatic carbocycles. The summed E-state index contributed by atoms with van der Waals surface area (Å²) in [5, 5.41) is 0. The molecule has 126 valence electrons. The lowest BCUT2D eigenvalue weighted by Crippen LogP contribution is -2.46. The van der Waals surface area contributed by atoms with Crippen molar-refractivity contribution in [2.75, 3.05) is 13.2 Å². The fourth-order valence-corrected chi connectivity index (χ4v) is 3.06. The molecule has 2 heterocycles. The third-order valence-corrected chi connectivity index (χ3v) is 4.39. The van der Waals surface area contributed by atoms with Crippen molar-refractivity contribution in [3.63, 3.8) is 0 Å². The highest BCUT2D eigenvalue weighted by atomic mass is 19.1. The number of likely N-dealkylation sites (tertiary alicyclic amines) is 1. The van der Waals surface area contributed by atoms with Gasteiger partial charge in [-0.25, -0.2) is 14.4 Å². The Morgan fingerprint density at radius 2 is 2.08 bits per heavy atom. The van der Waals surface area contributed by atoms with Crippen LogP contribution in [0.1, 0.15) is 31.3 Å². The molecule has 24 heavy (non-hydrogen) atoms. The highest BCUT2D eigenvalue weighted by Crippen LogP contribution is 2.36. The van der Waals surface area contributed by atoms with Gasteiger partial charge in [-0.1, -0.05) is 0 Å². The fourth-order valence-electron chi connectivity index (χ4n) is 3.06. The zero-order valence-electron chi connectivity index (χ0n) is 13.8. The van der Waals surface area contributed by atoms with Crippen LogP contribution in [0.15, 0.2) is 36.5 Å². The first-order valence-electron chi connectivity index (χ1n) is 7.98. The maximum Gasteiger partial charge on any atom is 0.261 e. The van der Waals surface area contributed by atoms with Crippen LogP contribution in [0.25, 0.3) is 0 Å². The van der Waals surface area contributed by atoms with Crippen LogP contribution in [0.3, 0.4) is 0 Å². The molecule has 5 nitrogen and oxygen atoms in total. The Morgan fingerprint density at radius 3 is 2.79 bits per heavy atom. The summed E-state index contributed by atoms with van der Waals surface area (Å²) in [5.41, 5.74) is 0.359. The van der Waals surface area contributed by atoms with Crippen molar-refractivity contribution in [1.29, 1.82) is 0 Å². The minimum absolute atomic E-state index is 0.0902. The Labute approximate surface area is 140 Å². The van der Waals surface area contributed by atoms with E-state index in [0.717, 1.165) is 18.5 Å². The molecule has 1 amide bonds. The Bertz CT molecular complexity index is 735. The number of nitrogens with zero attached hydrogens (tertiary/aromatic N) is 3. The first kappa shape index (κ1) is 16.4. The molecule has 0 unspecified atom stereocenters. The summed E-state index contributed by atoms with van der Waals surface area (Å²) in [6.07, 6.45) is 3.44. The lowest BCUT2D eigenvalue weighted by molar-refractivity contribution is -0.137. The van der Waals surface area contributed by atoms with Crippen molar-refractivity contribution in [2.24, 2.45) is 0 Å². The van der Waals surface area contributed by atoms with Crippen molar-refractivity contribution in [3.05, 3.63) is 53.9 Å². The van der Waals surface area contributed by atoms with Crippen LogP contribution in [-0.2, 0) is 10.3 Å². The van der Waals surface area contributed by atoms with Crippen molar-refractivity contribution < 1.29 is 13.9 Å². The molecule has 0 N–H and O–H groups in total. The second-order valence-electron chi connectivity index (χ2n) is 6.19. The Morgan fingerprint density at radius 1 is 1.33 bits per heavy atom. The van der Waals surface area contributed by atoms with Crippen LogP contribution in [0, 0.1) is 12.7 Å². The molecular weight excluding hydrogens is 309 g/mol. The number of carbonyl (C=O) groups is 1. The molecule has 0 spiro atoms. The van der Waals surface area contributed by atoms with E-state index < -0.39 is 5.54 Å². The zero-order valence-corrected chi connectivity index (χ0v) is 13.8. The van der Waals surface area contributed by atoms with Crippen molar-refractivity contribution in [1.82, 2.24) is 14.9 Å². The highest BCUT2D eigenvalue weighted by molar-refractivity contribution is 5.79. The van der Waals surface area contributed by atoms with E-state index in [0.29, 0.717) is 18.1 Å². The molecule has 1 aromatic carbocycles. The van der Waals surface area contributed by atoms with E-state index >= 15 is 0 Å². The molecule has 1 fully saturated rings. The van der Waals surface area contributed by atoms with Gasteiger partial charge in [0.05, 0.1) is 5.54 Å². The number of rotatable bonds is 4. The van der Waals surface area contributed by atoms with Gasteiger partial charge in [-0.3, -0.25) is 4.79 Å². The summed E-state index contributed by atoms with van der Waals surface area (Å²) in [4.78, 5) is 23.3. The topological polar surface area (TPSA) is 55.3 Å². The van der Waals surface area contributed by atoms with Gasteiger partial charge < -0.3 is 9.64 Å². The average molecular weight is 329 g/mol. The largest absolute Gasteiger partial charge is 0.484 e. The molecule has 1 saturated heterocycles. The van der Waals surface area contributed by atoms with Crippen molar-refractivity contribution >= 4 is 5.91 Å². The van der Waals surface area contributed by atoms with Crippen molar-refractivity contribution in [2.45, 2.75) is 32.2 Å². The van der Waals surface area contributed by atoms with Gasteiger partial charge in [0.2, 0.25) is 0 Å². The molecule has 3 rings (SSSR count). The molecule has 2 aromatic rings. The molecular formula is C18H20FN3O2. The van der Waals surface area contributed by atoms with E-state index in [1.807, 2.05) is 19.9 Å². The normalized spacial score (nSPS) is 20.2. The number of halogens is 1. The zero-order chi connectivity index (χ0) is 17.2. The van der Waals surface area contributed by atoms with Crippen LogP contribution in [-0.4, -0.2) is 33.9 Å². The number of amides is 1. The number of benzene rings is 1. The second-order valence-corrected chi connectivity index (χ2v) is 6.19. The predicted octanol–water partition coefficient (Wildman–Crippen LogP) is 2.84. The number of carbonyl (C=O) groups excluding carboxylic acids is 1. The Kier molecular flexibility index (Phi) is 4.46. The van der Waals surface area contributed by atoms with Gasteiger partial charge in [0.1, 0.15) is 11.6 Å². The van der Waals surface area contributed by atoms with Gasteiger partial charge in [-0.05, 0) is 57.0 Å². The minimum atomic E-state index is -0.519. The fraction of sp³-hybridized carbons (Fsp3) is 0.389. The standard InChI is InChI=1S/C18H20FN3O2/c1-13-8-10-20-17(21-13)18(2)9-3-11-22(18)16(23)12-24-15-6-4-14(19)5-7-15/h4-8,10H,3,9,11-12H2,1-2H3/t18-/m0/s1. The maximum absolute atomic E-state index is 12.9. The van der Waals surface area contributed by atoms with Crippen LogP contribution in [0.4, 0.5) is 4.39 Å². The van der Waals surface area contributed by atoms with Crippen LogP contribution < -0.4 is 4.74 Å². The van der Waals surface area contributed by atoms with Gasteiger partial charge in [0, 0.05) is 18.4 Å². The number of aryl methyl sites for hydroxylation is 1. The second kappa shape index (κ2) is 6.55. The van der Waals surface area contributed by atoms with Crippen LogP contribution >= 0.6 is 0 Å². The van der Waals surface area contributed by atoms with Gasteiger partial charge in [-0.15, -0.1) is 0 Å². The number of aromatic nitrogens is 2. The molecule has 0 radical (unpaired) electrons. The Hall–Kier alpha value is -2.50. The molecule has 0 saturated carbocycles. The SMILES string of the molecule is Cc1ccnc([C@]2(C)CCCN2C(=O)COc2ccc(F)cc2)n1. The molecule has 1 aromatic heterocycles. The summed E-state index contributed by atoms with van der Waals surface area (Å²) in [6, 6.07) is 7.47. The molecule has 0 bridgehead atoms. The summed E-state index contributed by atoms with van der Waals surface area (Å²) in [5.74, 6) is 0.675. The third kappa shape index (κ3) is 3.22. The summed E-state index contributed by atoms with van der Waals surface area (Å²) >= 11 is 0. The van der Waals surface area contributed by atoms with Gasteiger partial charge in [-0.2, -0.15) is 0 Å². The van der Waals surface area contributed by atoms with E-state index in [1.54, 1.807) is 11.1 Å². The van der Waals surface area contributed by atoms with Gasteiger partial charge in [0.15, 0.2) is 12.4 Å². The van der Waals surface area contributed by atoms with Gasteiger partial charge >= 0.3 is 0 Å². The Balaban J connectivity index is 1.72. The smallest absolute Gasteiger partial charge is 0.261 e. The monoisotopic (exact) mass is 329 g/mol. The van der Waals surface area contributed by atoms with E-state index in [1.165, 1.54) is 24.3 Å². The van der Waals surface area contributed by atoms with Crippen LogP contribution in [0.5, 0.6) is 5.75 Å². The summed E-state index contributed by atoms with van der Waals surface area (Å²) < 4.78 is 18.4. The first-order valence-corrected chi connectivity index (χ1v) is 7.98. The minimum Gasteiger partial charge on any atom is -0.484 e. The summed E-state index contributed by atoms with van der Waals surface area (Å²) in [7, 11) is 0. The van der Waals surface area contributed by atoms with E-state index in [9.17, 15) is 9.18 Å². The van der Waals surface area contributed by atoms with E-state index in [-0.39, 0.29) is 18.3 Å².